The molecule has 7 aromatic rings. The molecule has 0 spiro atoms. The van der Waals surface area contributed by atoms with Crippen LogP contribution in [0.2, 0.25) is 0 Å². The summed E-state index contributed by atoms with van der Waals surface area (Å²) in [6.45, 7) is 25.6. The predicted molar refractivity (Wildman–Crippen MR) is 297 cm³/mol. The Bertz CT molecular complexity index is 3130. The Morgan fingerprint density at radius 3 is 1.58 bits per heavy atom. The molecule has 344 valence electrons. The van der Waals surface area contributed by atoms with Crippen molar-refractivity contribution in [2.24, 2.45) is 17.3 Å². The zero-order chi connectivity index (χ0) is 48.2. The molecule has 4 heteroatoms. The first kappa shape index (κ1) is 44.7. The summed E-state index contributed by atoms with van der Waals surface area (Å²) in [6, 6.07) is 62.4. The van der Waals surface area contributed by atoms with Crippen LogP contribution in [0.3, 0.4) is 0 Å². The van der Waals surface area contributed by atoms with Crippen LogP contribution >= 0.6 is 0 Å². The SMILES string of the molecule is CC(C)(C)c1ccc(-c2cccc(N3C4=C(B5c6ccc(N(c7ccc(C(C)(C)C)cc7)c7ccc(C(C)(C)C)cc7)cc6N(c6ccccc6)c6cccc3c65)C3C=CC=CC3C4(C)C)c2)cc1. The number of allylic oxidation sites excluding steroid dienone is 6. The van der Waals surface area contributed by atoms with Crippen LogP contribution in [0.5, 0.6) is 0 Å². The Hall–Kier alpha value is -6.78. The van der Waals surface area contributed by atoms with Crippen molar-refractivity contribution in [1.82, 2.24) is 0 Å². The van der Waals surface area contributed by atoms with Gasteiger partial charge in [-0.05, 0) is 140 Å². The van der Waals surface area contributed by atoms with Crippen molar-refractivity contribution in [2.45, 2.75) is 92.4 Å². The normalized spacial score (nSPS) is 17.9. The van der Waals surface area contributed by atoms with Gasteiger partial charge in [0.25, 0.3) is 0 Å². The minimum Gasteiger partial charge on any atom is -0.315 e. The Morgan fingerprint density at radius 2 is 0.986 bits per heavy atom. The van der Waals surface area contributed by atoms with Crippen LogP contribution in [-0.2, 0) is 16.2 Å². The van der Waals surface area contributed by atoms with Crippen LogP contribution in [0.25, 0.3) is 11.1 Å². The highest BCUT2D eigenvalue weighted by molar-refractivity contribution is 6.95. The van der Waals surface area contributed by atoms with Gasteiger partial charge in [-0.25, -0.2) is 0 Å². The zero-order valence-electron chi connectivity index (χ0n) is 42.5. The number of fused-ring (bicyclic) bond motifs is 5. The number of hydrogen-bond donors (Lipinski definition) is 0. The monoisotopic (exact) mass is 900 g/mol. The lowest BCUT2D eigenvalue weighted by Gasteiger charge is -2.46. The lowest BCUT2D eigenvalue weighted by Crippen LogP contribution is -2.56. The van der Waals surface area contributed by atoms with Crippen molar-refractivity contribution >= 4 is 63.1 Å². The largest absolute Gasteiger partial charge is 0.315 e. The second kappa shape index (κ2) is 16.2. The Balaban J connectivity index is 1.14. The Morgan fingerprint density at radius 1 is 0.464 bits per heavy atom. The van der Waals surface area contributed by atoms with E-state index in [2.05, 4.69) is 279 Å². The number of rotatable bonds is 6. The maximum absolute atomic E-state index is 2.66. The van der Waals surface area contributed by atoms with Crippen molar-refractivity contribution in [1.29, 1.82) is 0 Å². The first-order chi connectivity index (χ1) is 32.9. The maximum Gasteiger partial charge on any atom is 0.247 e. The fraction of sp³-hybridized carbons (Fsp3) is 0.262. The standard InChI is InChI=1S/C65H66BN3/c1-62(2,3)45-29-27-43(28-30-45)44-19-17-22-51(41-44)69-57-26-18-25-56-60(57)66(59-53-23-15-16-24-54(53)65(10,11)61(59)69)55-40-39-52(42-58(55)68(56)48-20-13-12-14-21-48)67(49-35-31-46(32-36-49)63(4,5)6)50-37-33-47(34-38-50)64(7,8)9/h12-42,53-54H,1-11H3. The summed E-state index contributed by atoms with van der Waals surface area (Å²) in [5.74, 6) is 0.565. The quantitative estimate of drug-likeness (QED) is 0.154. The lowest BCUT2D eigenvalue weighted by atomic mass is 9.31. The second-order valence-electron chi connectivity index (χ2n) is 23.5. The summed E-state index contributed by atoms with van der Waals surface area (Å²) in [7, 11) is 0. The van der Waals surface area contributed by atoms with Crippen LogP contribution in [-0.4, -0.2) is 6.71 Å². The van der Waals surface area contributed by atoms with E-state index in [9.17, 15) is 0 Å². The molecule has 0 fully saturated rings. The van der Waals surface area contributed by atoms with Crippen molar-refractivity contribution in [3.8, 4) is 11.1 Å². The average Bonchev–Trinajstić information content (AvgIpc) is 3.57. The summed E-state index contributed by atoms with van der Waals surface area (Å²) in [4.78, 5) is 7.65. The predicted octanol–water partition coefficient (Wildman–Crippen LogP) is 16.5. The molecule has 0 aromatic heterocycles. The molecule has 7 aromatic carbocycles. The van der Waals surface area contributed by atoms with Gasteiger partial charge < -0.3 is 14.7 Å². The van der Waals surface area contributed by atoms with Crippen LogP contribution in [0.4, 0.5) is 45.5 Å². The van der Waals surface area contributed by atoms with Crippen molar-refractivity contribution < 1.29 is 0 Å². The Labute approximate surface area is 412 Å². The van der Waals surface area contributed by atoms with E-state index >= 15 is 0 Å². The maximum atomic E-state index is 2.66. The topological polar surface area (TPSA) is 9.72 Å². The van der Waals surface area contributed by atoms with E-state index < -0.39 is 0 Å². The number of para-hydroxylation sites is 1. The third kappa shape index (κ3) is 7.50. The molecule has 69 heavy (non-hydrogen) atoms. The van der Waals surface area contributed by atoms with E-state index in [1.807, 2.05) is 0 Å². The van der Waals surface area contributed by atoms with Crippen molar-refractivity contribution in [3.05, 3.63) is 216 Å². The van der Waals surface area contributed by atoms with Crippen LogP contribution in [0, 0.1) is 17.3 Å². The summed E-state index contributed by atoms with van der Waals surface area (Å²) in [5.41, 5.74) is 21.6. The van der Waals surface area contributed by atoms with E-state index in [0.29, 0.717) is 5.92 Å². The van der Waals surface area contributed by atoms with Gasteiger partial charge >= 0.3 is 0 Å². The van der Waals surface area contributed by atoms with Gasteiger partial charge in [0, 0.05) is 56.6 Å². The summed E-state index contributed by atoms with van der Waals surface area (Å²) in [5, 5.41) is 0. The van der Waals surface area contributed by atoms with Gasteiger partial charge in [-0.1, -0.05) is 197 Å². The molecular formula is C65H66BN3. The molecule has 2 heterocycles. The van der Waals surface area contributed by atoms with E-state index in [1.165, 1.54) is 72.7 Å². The van der Waals surface area contributed by atoms with Gasteiger partial charge in [0.05, 0.1) is 0 Å². The highest BCUT2D eigenvalue weighted by Gasteiger charge is 2.56. The Kier molecular flexibility index (Phi) is 10.5. The minimum atomic E-state index is -0.161. The van der Waals surface area contributed by atoms with Crippen LogP contribution in [0.15, 0.2) is 199 Å². The van der Waals surface area contributed by atoms with Gasteiger partial charge in [-0.15, -0.1) is 0 Å². The fourth-order valence-corrected chi connectivity index (χ4v) is 11.9. The molecule has 2 aliphatic heterocycles. The zero-order valence-corrected chi connectivity index (χ0v) is 42.5. The van der Waals surface area contributed by atoms with Crippen molar-refractivity contribution in [3.63, 3.8) is 0 Å². The van der Waals surface area contributed by atoms with Gasteiger partial charge in [-0.3, -0.25) is 0 Å². The third-order valence-corrected chi connectivity index (χ3v) is 15.6. The van der Waals surface area contributed by atoms with E-state index in [0.717, 1.165) is 22.7 Å². The van der Waals surface area contributed by atoms with Gasteiger partial charge in [0.1, 0.15) is 0 Å². The number of anilines is 8. The molecule has 3 nitrogen and oxygen atoms in total. The van der Waals surface area contributed by atoms with E-state index in [4.69, 9.17) is 0 Å². The van der Waals surface area contributed by atoms with E-state index in [1.54, 1.807) is 0 Å². The number of hydrogen-bond acceptors (Lipinski definition) is 3. The second-order valence-corrected chi connectivity index (χ2v) is 23.5. The molecular weight excluding hydrogens is 834 g/mol. The van der Waals surface area contributed by atoms with Gasteiger partial charge in [-0.2, -0.15) is 0 Å². The molecule has 2 aliphatic carbocycles. The lowest BCUT2D eigenvalue weighted by molar-refractivity contribution is 0.313. The van der Waals surface area contributed by atoms with Crippen LogP contribution < -0.4 is 25.6 Å². The average molecular weight is 900 g/mol. The number of benzene rings is 7. The molecule has 0 saturated heterocycles. The molecule has 0 bridgehead atoms. The molecule has 4 aliphatic rings. The molecule has 2 atom stereocenters. The van der Waals surface area contributed by atoms with Crippen molar-refractivity contribution in [2.75, 3.05) is 14.7 Å². The fourth-order valence-electron chi connectivity index (χ4n) is 11.9. The molecule has 0 radical (unpaired) electrons. The summed E-state index contributed by atoms with van der Waals surface area (Å²) in [6.07, 6.45) is 9.55. The first-order valence-corrected chi connectivity index (χ1v) is 25.1. The number of nitrogens with zero attached hydrogens (tertiary/aromatic N) is 3. The minimum absolute atomic E-state index is 0.0490. The molecule has 0 N–H and O–H groups in total. The first-order valence-electron chi connectivity index (χ1n) is 25.1. The molecule has 0 amide bonds. The molecule has 2 unspecified atom stereocenters. The highest BCUT2D eigenvalue weighted by Crippen LogP contribution is 2.60. The molecule has 0 saturated carbocycles. The molecule has 11 rings (SSSR count). The van der Waals surface area contributed by atoms with Crippen LogP contribution in [0.1, 0.15) is 92.9 Å². The highest BCUT2D eigenvalue weighted by atomic mass is 15.2. The van der Waals surface area contributed by atoms with Gasteiger partial charge in [0.15, 0.2) is 0 Å². The summed E-state index contributed by atoms with van der Waals surface area (Å²) < 4.78 is 0. The third-order valence-electron chi connectivity index (χ3n) is 15.6. The van der Waals surface area contributed by atoms with Gasteiger partial charge in [0.2, 0.25) is 6.71 Å². The summed E-state index contributed by atoms with van der Waals surface area (Å²) >= 11 is 0. The smallest absolute Gasteiger partial charge is 0.247 e. The van der Waals surface area contributed by atoms with E-state index in [-0.39, 0.29) is 34.3 Å².